The van der Waals surface area contributed by atoms with Crippen molar-refractivity contribution in [3.8, 4) is 0 Å². The van der Waals surface area contributed by atoms with Gasteiger partial charge in [-0.25, -0.2) is 4.79 Å². The van der Waals surface area contributed by atoms with Crippen LogP contribution in [0.4, 0.5) is 17.1 Å². The number of non-ortho nitro benzene ring substituents is 1. The Labute approximate surface area is 107 Å². The molecule has 0 saturated heterocycles. The van der Waals surface area contributed by atoms with E-state index in [1.165, 1.54) is 25.3 Å². The fourth-order valence-corrected chi connectivity index (χ4v) is 1.53. The highest BCUT2D eigenvalue weighted by molar-refractivity contribution is 6.13. The first kappa shape index (κ1) is 12.6. The average molecular weight is 263 g/mol. The normalized spacial score (nSPS) is 15.2. The summed E-state index contributed by atoms with van der Waals surface area (Å²) in [7, 11) is 1.19. The molecule has 2 N–H and O–H groups in total. The van der Waals surface area contributed by atoms with Crippen LogP contribution in [0, 0.1) is 10.1 Å². The van der Waals surface area contributed by atoms with E-state index in [0.717, 1.165) is 6.08 Å². The summed E-state index contributed by atoms with van der Waals surface area (Å²) in [4.78, 5) is 32.8. The molecule has 1 aromatic carbocycles. The zero-order valence-electron chi connectivity index (χ0n) is 9.80. The number of amides is 1. The predicted molar refractivity (Wildman–Crippen MR) is 65.4 cm³/mol. The molecule has 0 unspecified atom stereocenters. The molecular formula is C11H9N3O5. The molecule has 2 rings (SSSR count). The smallest absolute Gasteiger partial charge is 0.332 e. The van der Waals surface area contributed by atoms with Gasteiger partial charge in [-0.15, -0.1) is 0 Å². The number of carbonyl (C=O) groups is 2. The summed E-state index contributed by atoms with van der Waals surface area (Å²) in [5, 5.41) is 15.8. The van der Waals surface area contributed by atoms with E-state index in [1.807, 2.05) is 0 Å². The lowest BCUT2D eigenvalue weighted by Crippen LogP contribution is -2.26. The van der Waals surface area contributed by atoms with E-state index in [9.17, 15) is 19.7 Å². The molecule has 8 heteroatoms. The summed E-state index contributed by atoms with van der Waals surface area (Å²) < 4.78 is 4.42. The number of nitrogens with zero attached hydrogens (tertiary/aromatic N) is 1. The van der Waals surface area contributed by atoms with Crippen LogP contribution in [-0.4, -0.2) is 23.9 Å². The zero-order valence-corrected chi connectivity index (χ0v) is 9.80. The third kappa shape index (κ3) is 2.51. The Balaban J connectivity index is 2.35. The van der Waals surface area contributed by atoms with Gasteiger partial charge in [-0.3, -0.25) is 14.9 Å². The number of anilines is 2. The molecule has 0 saturated carbocycles. The maximum atomic E-state index is 11.7. The molecule has 0 bridgehead atoms. The molecule has 1 amide bonds. The largest absolute Gasteiger partial charge is 0.466 e. The minimum absolute atomic E-state index is 0.00760. The Morgan fingerprint density at radius 1 is 1.37 bits per heavy atom. The highest BCUT2D eigenvalue weighted by Gasteiger charge is 2.22. The number of fused-ring (bicyclic) bond motifs is 1. The second-order valence-electron chi connectivity index (χ2n) is 3.65. The van der Waals surface area contributed by atoms with Gasteiger partial charge in [0.15, 0.2) is 0 Å². The molecular weight excluding hydrogens is 254 g/mol. The minimum Gasteiger partial charge on any atom is -0.466 e. The van der Waals surface area contributed by atoms with Gasteiger partial charge in [0.25, 0.3) is 11.6 Å². The number of nitrogens with one attached hydrogen (secondary N) is 2. The van der Waals surface area contributed by atoms with Crippen molar-refractivity contribution in [3.63, 3.8) is 0 Å². The van der Waals surface area contributed by atoms with Crippen molar-refractivity contribution in [2.24, 2.45) is 0 Å². The van der Waals surface area contributed by atoms with Crippen LogP contribution < -0.4 is 10.6 Å². The van der Waals surface area contributed by atoms with Gasteiger partial charge in [-0.05, 0) is 6.07 Å². The molecule has 0 radical (unpaired) electrons. The van der Waals surface area contributed by atoms with Gasteiger partial charge in [0.05, 0.1) is 29.5 Å². The number of hydrogen-bond donors (Lipinski definition) is 2. The molecule has 1 aromatic rings. The Kier molecular flexibility index (Phi) is 3.15. The van der Waals surface area contributed by atoms with E-state index in [4.69, 9.17) is 0 Å². The third-order valence-corrected chi connectivity index (χ3v) is 2.44. The van der Waals surface area contributed by atoms with Gasteiger partial charge in [0, 0.05) is 12.1 Å². The molecule has 0 aliphatic carbocycles. The summed E-state index contributed by atoms with van der Waals surface area (Å²) >= 11 is 0. The summed E-state index contributed by atoms with van der Waals surface area (Å²) in [6.45, 7) is 0. The first-order valence-corrected chi connectivity index (χ1v) is 5.17. The summed E-state index contributed by atoms with van der Waals surface area (Å²) in [5.41, 5.74) is 0.607. The number of ether oxygens (including phenoxy) is 1. The lowest BCUT2D eigenvalue weighted by Gasteiger charge is -2.20. The SMILES string of the molecule is COC(=O)C=C1Nc2ccc([N+](=O)[O-])cc2NC1=O. The van der Waals surface area contributed by atoms with E-state index in [1.54, 1.807) is 0 Å². The summed E-state index contributed by atoms with van der Waals surface area (Å²) in [6, 6.07) is 3.96. The van der Waals surface area contributed by atoms with Crippen LogP contribution in [0.1, 0.15) is 0 Å². The lowest BCUT2D eigenvalue weighted by atomic mass is 10.1. The molecule has 1 aliphatic heterocycles. The number of rotatable bonds is 2. The molecule has 0 spiro atoms. The first-order chi connectivity index (χ1) is 9.01. The Morgan fingerprint density at radius 2 is 2.11 bits per heavy atom. The van der Waals surface area contributed by atoms with Crippen molar-refractivity contribution < 1.29 is 19.2 Å². The second kappa shape index (κ2) is 4.77. The third-order valence-electron chi connectivity index (χ3n) is 2.44. The number of esters is 1. The molecule has 0 aromatic heterocycles. The van der Waals surface area contributed by atoms with Gasteiger partial charge in [0.2, 0.25) is 0 Å². The fourth-order valence-electron chi connectivity index (χ4n) is 1.53. The number of benzene rings is 1. The highest BCUT2D eigenvalue weighted by Crippen LogP contribution is 2.31. The number of nitro benzene ring substituents is 1. The maximum Gasteiger partial charge on any atom is 0.332 e. The van der Waals surface area contributed by atoms with E-state index in [2.05, 4.69) is 15.4 Å². The number of carbonyl (C=O) groups excluding carboxylic acids is 2. The van der Waals surface area contributed by atoms with Gasteiger partial charge >= 0.3 is 5.97 Å². The average Bonchev–Trinajstić information content (AvgIpc) is 2.38. The quantitative estimate of drug-likeness (QED) is 0.356. The van der Waals surface area contributed by atoms with Crippen molar-refractivity contribution in [1.29, 1.82) is 0 Å². The second-order valence-corrected chi connectivity index (χ2v) is 3.65. The van der Waals surface area contributed by atoms with Crippen LogP contribution in [0.25, 0.3) is 0 Å². The molecule has 0 atom stereocenters. The van der Waals surface area contributed by atoms with Crippen LogP contribution in [0.2, 0.25) is 0 Å². The first-order valence-electron chi connectivity index (χ1n) is 5.17. The Hall–Kier alpha value is -2.90. The molecule has 1 aliphatic rings. The van der Waals surface area contributed by atoms with Crippen molar-refractivity contribution in [2.75, 3.05) is 17.7 Å². The van der Waals surface area contributed by atoms with Crippen LogP contribution >= 0.6 is 0 Å². The van der Waals surface area contributed by atoms with E-state index < -0.39 is 16.8 Å². The highest BCUT2D eigenvalue weighted by atomic mass is 16.6. The number of hydrogen-bond acceptors (Lipinski definition) is 6. The van der Waals surface area contributed by atoms with Crippen LogP contribution in [0.5, 0.6) is 0 Å². The zero-order chi connectivity index (χ0) is 14.0. The van der Waals surface area contributed by atoms with Gasteiger partial charge in [-0.1, -0.05) is 0 Å². The van der Waals surface area contributed by atoms with Gasteiger partial charge in [-0.2, -0.15) is 0 Å². The van der Waals surface area contributed by atoms with Crippen molar-refractivity contribution in [1.82, 2.24) is 0 Å². The van der Waals surface area contributed by atoms with Crippen molar-refractivity contribution in [3.05, 3.63) is 40.1 Å². The lowest BCUT2D eigenvalue weighted by molar-refractivity contribution is -0.384. The van der Waals surface area contributed by atoms with Crippen LogP contribution in [0.15, 0.2) is 30.0 Å². The number of nitro groups is 1. The molecule has 19 heavy (non-hydrogen) atoms. The van der Waals surface area contributed by atoms with E-state index in [-0.39, 0.29) is 17.1 Å². The van der Waals surface area contributed by atoms with Crippen LogP contribution in [-0.2, 0) is 14.3 Å². The summed E-state index contributed by atoms with van der Waals surface area (Å²) in [6.07, 6.45) is 1.000. The Morgan fingerprint density at radius 3 is 2.74 bits per heavy atom. The minimum atomic E-state index is -0.678. The standard InChI is InChI=1S/C11H9N3O5/c1-19-10(15)5-9-11(16)13-8-4-6(14(17)18)2-3-7(8)12-9/h2-5,12H,1H3,(H,13,16). The van der Waals surface area contributed by atoms with Crippen molar-refractivity contribution in [2.45, 2.75) is 0 Å². The Bertz CT molecular complexity index is 608. The van der Waals surface area contributed by atoms with Crippen LogP contribution in [0.3, 0.4) is 0 Å². The molecule has 0 fully saturated rings. The summed E-state index contributed by atoms with van der Waals surface area (Å²) in [5.74, 6) is -1.25. The predicted octanol–water partition coefficient (Wildman–Crippen LogP) is 1.02. The van der Waals surface area contributed by atoms with E-state index >= 15 is 0 Å². The monoisotopic (exact) mass is 263 g/mol. The number of methoxy groups -OCH3 is 1. The van der Waals surface area contributed by atoms with Gasteiger partial charge < -0.3 is 15.4 Å². The topological polar surface area (TPSA) is 111 Å². The van der Waals surface area contributed by atoms with Crippen molar-refractivity contribution >= 4 is 28.9 Å². The molecule has 98 valence electrons. The molecule has 8 nitrogen and oxygen atoms in total. The van der Waals surface area contributed by atoms with E-state index in [0.29, 0.717) is 5.69 Å². The van der Waals surface area contributed by atoms with Gasteiger partial charge in [0.1, 0.15) is 5.70 Å². The molecule has 1 heterocycles. The fraction of sp³-hybridized carbons (Fsp3) is 0.0909. The maximum absolute atomic E-state index is 11.7.